The lowest BCUT2D eigenvalue weighted by Gasteiger charge is -2.20. The summed E-state index contributed by atoms with van der Waals surface area (Å²) in [7, 11) is 1.67. The summed E-state index contributed by atoms with van der Waals surface area (Å²) >= 11 is 0. The van der Waals surface area contributed by atoms with Gasteiger partial charge in [-0.15, -0.1) is 0 Å². The molecule has 0 aromatic heterocycles. The highest BCUT2D eigenvalue weighted by molar-refractivity contribution is 5.87. The number of hydrogen-bond donors (Lipinski definition) is 1. The fraction of sp³-hybridized carbons (Fsp3) is 0.353. The van der Waals surface area contributed by atoms with Crippen molar-refractivity contribution in [1.82, 2.24) is 4.90 Å². The summed E-state index contributed by atoms with van der Waals surface area (Å²) < 4.78 is 5.30. The predicted octanol–water partition coefficient (Wildman–Crippen LogP) is 3.18. The van der Waals surface area contributed by atoms with Crippen molar-refractivity contribution in [2.75, 3.05) is 20.2 Å². The van der Waals surface area contributed by atoms with E-state index in [-0.39, 0.29) is 6.03 Å². The normalized spacial score (nSPS) is 10.6. The van der Waals surface area contributed by atoms with Crippen molar-refractivity contribution in [3.8, 4) is 5.75 Å². The molecule has 0 aliphatic carbocycles. The number of primary amides is 1. The minimum atomic E-state index is -0.352. The quantitative estimate of drug-likeness (QED) is 0.886. The molecule has 4 nitrogen and oxygen atoms in total. The monoisotopic (exact) mass is 286 g/mol. The first kappa shape index (κ1) is 15.2. The van der Waals surface area contributed by atoms with E-state index in [1.54, 1.807) is 12.0 Å². The minimum Gasteiger partial charge on any atom is -0.497 e. The summed E-state index contributed by atoms with van der Waals surface area (Å²) in [4.78, 5) is 13.1. The number of fused-ring (bicyclic) bond motifs is 1. The molecule has 2 amide bonds. The van der Waals surface area contributed by atoms with Gasteiger partial charge in [-0.25, -0.2) is 4.79 Å². The van der Waals surface area contributed by atoms with Crippen LogP contribution in [0.2, 0.25) is 0 Å². The van der Waals surface area contributed by atoms with E-state index in [1.807, 2.05) is 25.1 Å². The van der Waals surface area contributed by atoms with Crippen molar-refractivity contribution < 1.29 is 9.53 Å². The first-order valence-electron chi connectivity index (χ1n) is 7.25. The van der Waals surface area contributed by atoms with Gasteiger partial charge < -0.3 is 15.4 Å². The van der Waals surface area contributed by atoms with Crippen LogP contribution in [0.4, 0.5) is 4.79 Å². The average Bonchev–Trinajstić information content (AvgIpc) is 2.50. The highest BCUT2D eigenvalue weighted by Crippen LogP contribution is 2.24. The number of urea groups is 1. The average molecular weight is 286 g/mol. The zero-order valence-corrected chi connectivity index (χ0v) is 12.6. The molecule has 2 aromatic carbocycles. The Morgan fingerprint density at radius 3 is 2.71 bits per heavy atom. The van der Waals surface area contributed by atoms with Gasteiger partial charge in [0.05, 0.1) is 7.11 Å². The second-order valence-electron chi connectivity index (χ2n) is 5.08. The zero-order valence-electron chi connectivity index (χ0n) is 12.6. The molecule has 0 saturated carbocycles. The molecule has 0 unspecified atom stereocenters. The highest BCUT2D eigenvalue weighted by Gasteiger charge is 2.09. The Kier molecular flexibility index (Phi) is 5.04. The maximum absolute atomic E-state index is 11.4. The van der Waals surface area contributed by atoms with Crippen LogP contribution < -0.4 is 10.5 Å². The zero-order chi connectivity index (χ0) is 15.2. The summed E-state index contributed by atoms with van der Waals surface area (Å²) in [6, 6.07) is 11.9. The van der Waals surface area contributed by atoms with Gasteiger partial charge in [0.2, 0.25) is 0 Å². The number of ether oxygens (including phenoxy) is 1. The number of carbonyl (C=O) groups excluding carboxylic acids is 1. The third-order valence-corrected chi connectivity index (χ3v) is 3.64. The maximum Gasteiger partial charge on any atom is 0.314 e. The van der Waals surface area contributed by atoms with Crippen LogP contribution in [0.3, 0.4) is 0 Å². The maximum atomic E-state index is 11.4. The number of hydrogen-bond acceptors (Lipinski definition) is 2. The van der Waals surface area contributed by atoms with Crippen LogP contribution in [0.25, 0.3) is 10.8 Å². The van der Waals surface area contributed by atoms with Gasteiger partial charge in [0.25, 0.3) is 0 Å². The molecule has 0 bridgehead atoms. The first-order chi connectivity index (χ1) is 10.2. The largest absolute Gasteiger partial charge is 0.497 e. The number of nitrogens with zero attached hydrogens (tertiary/aromatic N) is 1. The highest BCUT2D eigenvalue weighted by atomic mass is 16.5. The van der Waals surface area contributed by atoms with Crippen LogP contribution in [0.15, 0.2) is 36.4 Å². The van der Waals surface area contributed by atoms with Crippen molar-refractivity contribution >= 4 is 16.8 Å². The number of rotatable bonds is 6. The molecule has 0 aliphatic heterocycles. The van der Waals surface area contributed by atoms with Gasteiger partial charge >= 0.3 is 6.03 Å². The van der Waals surface area contributed by atoms with E-state index in [4.69, 9.17) is 10.5 Å². The van der Waals surface area contributed by atoms with Crippen LogP contribution in [0.5, 0.6) is 5.75 Å². The number of amides is 2. The van der Waals surface area contributed by atoms with E-state index in [1.165, 1.54) is 10.9 Å². The number of carbonyl (C=O) groups is 1. The smallest absolute Gasteiger partial charge is 0.314 e. The van der Waals surface area contributed by atoms with E-state index in [0.29, 0.717) is 13.1 Å². The van der Waals surface area contributed by atoms with Gasteiger partial charge in [0.15, 0.2) is 0 Å². The van der Waals surface area contributed by atoms with Crippen LogP contribution in [-0.4, -0.2) is 31.1 Å². The number of methoxy groups -OCH3 is 1. The van der Waals surface area contributed by atoms with Gasteiger partial charge in [-0.1, -0.05) is 31.2 Å². The van der Waals surface area contributed by atoms with Gasteiger partial charge in [0.1, 0.15) is 5.75 Å². The summed E-state index contributed by atoms with van der Waals surface area (Å²) in [6.45, 7) is 3.38. The van der Waals surface area contributed by atoms with Gasteiger partial charge in [-0.05, 0) is 41.3 Å². The Balaban J connectivity index is 2.23. The lowest BCUT2D eigenvalue weighted by molar-refractivity contribution is 0.208. The molecule has 2 N–H and O–H groups in total. The molecule has 0 radical (unpaired) electrons. The fourth-order valence-corrected chi connectivity index (χ4v) is 2.52. The standard InChI is InChI=1S/C17H22N2O2/c1-3-10-19(17(18)20)11-9-14-6-4-5-13-7-8-15(21-2)12-16(13)14/h4-8,12H,3,9-11H2,1-2H3,(H2,18,20). The van der Waals surface area contributed by atoms with Gasteiger partial charge in [0, 0.05) is 13.1 Å². The Morgan fingerprint density at radius 2 is 2.05 bits per heavy atom. The molecular formula is C17H22N2O2. The van der Waals surface area contributed by atoms with E-state index < -0.39 is 0 Å². The Hall–Kier alpha value is -2.23. The summed E-state index contributed by atoms with van der Waals surface area (Å²) in [6.07, 6.45) is 1.69. The molecular weight excluding hydrogens is 264 g/mol. The molecule has 0 atom stereocenters. The van der Waals surface area contributed by atoms with Crippen LogP contribution >= 0.6 is 0 Å². The molecule has 0 aliphatic rings. The summed E-state index contributed by atoms with van der Waals surface area (Å²) in [5.41, 5.74) is 6.61. The first-order valence-corrected chi connectivity index (χ1v) is 7.25. The number of nitrogens with two attached hydrogens (primary N) is 1. The van der Waals surface area contributed by atoms with E-state index in [2.05, 4.69) is 18.2 Å². The minimum absolute atomic E-state index is 0.352. The molecule has 0 heterocycles. The van der Waals surface area contributed by atoms with Gasteiger partial charge in [-0.3, -0.25) is 0 Å². The third kappa shape index (κ3) is 3.66. The number of benzene rings is 2. The van der Waals surface area contributed by atoms with Crippen molar-refractivity contribution in [2.24, 2.45) is 5.73 Å². The van der Waals surface area contributed by atoms with Gasteiger partial charge in [-0.2, -0.15) is 0 Å². The van der Waals surface area contributed by atoms with E-state index in [0.717, 1.165) is 24.0 Å². The Labute approximate surface area is 125 Å². The Bertz CT molecular complexity index is 625. The van der Waals surface area contributed by atoms with Crippen molar-refractivity contribution in [3.05, 3.63) is 42.0 Å². The second kappa shape index (κ2) is 6.97. The third-order valence-electron chi connectivity index (χ3n) is 3.64. The molecule has 0 fully saturated rings. The SMILES string of the molecule is CCCN(CCc1cccc2ccc(OC)cc12)C(N)=O. The predicted molar refractivity (Wildman–Crippen MR) is 85.7 cm³/mol. The molecule has 21 heavy (non-hydrogen) atoms. The van der Waals surface area contributed by atoms with Crippen molar-refractivity contribution in [1.29, 1.82) is 0 Å². The van der Waals surface area contributed by atoms with Crippen molar-refractivity contribution in [3.63, 3.8) is 0 Å². The lowest BCUT2D eigenvalue weighted by Crippen LogP contribution is -2.37. The van der Waals surface area contributed by atoms with E-state index >= 15 is 0 Å². The Morgan fingerprint density at radius 1 is 1.24 bits per heavy atom. The molecule has 0 spiro atoms. The molecule has 2 rings (SSSR count). The van der Waals surface area contributed by atoms with E-state index in [9.17, 15) is 4.79 Å². The summed E-state index contributed by atoms with van der Waals surface area (Å²) in [5.74, 6) is 0.843. The van der Waals surface area contributed by atoms with Crippen LogP contribution in [-0.2, 0) is 6.42 Å². The molecule has 4 heteroatoms. The van der Waals surface area contributed by atoms with Crippen LogP contribution in [0, 0.1) is 0 Å². The molecule has 112 valence electrons. The topological polar surface area (TPSA) is 55.6 Å². The van der Waals surface area contributed by atoms with Crippen molar-refractivity contribution in [2.45, 2.75) is 19.8 Å². The second-order valence-corrected chi connectivity index (χ2v) is 5.08. The van der Waals surface area contributed by atoms with Crippen LogP contribution in [0.1, 0.15) is 18.9 Å². The lowest BCUT2D eigenvalue weighted by atomic mass is 10.0. The fourth-order valence-electron chi connectivity index (χ4n) is 2.52. The molecule has 2 aromatic rings. The summed E-state index contributed by atoms with van der Waals surface area (Å²) in [5, 5.41) is 2.34. The molecule has 0 saturated heterocycles.